The maximum absolute atomic E-state index is 12.3. The van der Waals surface area contributed by atoms with Gasteiger partial charge in [0, 0.05) is 23.3 Å². The van der Waals surface area contributed by atoms with Gasteiger partial charge in [0.15, 0.2) is 6.29 Å². The van der Waals surface area contributed by atoms with E-state index in [-0.39, 0.29) is 18.1 Å². The number of fused-ring (bicyclic) bond motifs is 2. The van der Waals surface area contributed by atoms with Crippen LogP contribution in [0.2, 0.25) is 0 Å². The Bertz CT molecular complexity index is 525. The number of carbonyl (C=O) groups is 1. The minimum Gasteiger partial charge on any atom is -0.346 e. The van der Waals surface area contributed by atoms with E-state index in [4.69, 9.17) is 9.47 Å². The molecule has 3 saturated heterocycles. The lowest BCUT2D eigenvalue weighted by Gasteiger charge is -2.19. The van der Waals surface area contributed by atoms with Crippen LogP contribution in [0, 0.1) is 5.92 Å². The van der Waals surface area contributed by atoms with Gasteiger partial charge in [-0.2, -0.15) is 0 Å². The van der Waals surface area contributed by atoms with Crippen LogP contribution in [-0.4, -0.2) is 31.2 Å². The Morgan fingerprint density at radius 3 is 2.52 bits per heavy atom. The average Bonchev–Trinajstić information content (AvgIpc) is 3.25. The molecule has 3 aliphatic rings. The number of rotatable bonds is 3. The lowest BCUT2D eigenvalue weighted by Crippen LogP contribution is -2.32. The minimum absolute atomic E-state index is 0.116. The van der Waals surface area contributed by atoms with Gasteiger partial charge < -0.3 is 20.1 Å². The molecule has 1 amide bonds. The molecule has 21 heavy (non-hydrogen) atoms. The van der Waals surface area contributed by atoms with E-state index < -0.39 is 0 Å². The van der Waals surface area contributed by atoms with Crippen molar-refractivity contribution in [1.29, 1.82) is 0 Å². The largest absolute Gasteiger partial charge is 0.346 e. The van der Waals surface area contributed by atoms with Crippen LogP contribution in [0.1, 0.15) is 31.1 Å². The summed E-state index contributed by atoms with van der Waals surface area (Å²) in [5, 5.41) is 6.52. The Kier molecular flexibility index (Phi) is 3.41. The summed E-state index contributed by atoms with van der Waals surface area (Å²) >= 11 is 0. The maximum atomic E-state index is 12.3. The zero-order valence-electron chi connectivity index (χ0n) is 11.9. The molecule has 2 bridgehead atoms. The van der Waals surface area contributed by atoms with E-state index in [9.17, 15) is 4.79 Å². The normalized spacial score (nSPS) is 31.7. The molecule has 0 saturated carbocycles. The maximum Gasteiger partial charge on any atom is 0.229 e. The molecule has 4 rings (SSSR count). The summed E-state index contributed by atoms with van der Waals surface area (Å²) in [4.78, 5) is 12.3. The van der Waals surface area contributed by atoms with Gasteiger partial charge in [-0.05, 0) is 31.4 Å². The number of hydrogen-bond acceptors (Lipinski definition) is 4. The highest BCUT2D eigenvalue weighted by atomic mass is 16.7. The summed E-state index contributed by atoms with van der Waals surface area (Å²) in [6, 6.07) is 8.65. The molecule has 3 atom stereocenters. The molecule has 0 spiro atoms. The predicted molar refractivity (Wildman–Crippen MR) is 77.8 cm³/mol. The molecule has 2 N–H and O–H groups in total. The van der Waals surface area contributed by atoms with E-state index in [0.717, 1.165) is 24.1 Å². The third-order valence-corrected chi connectivity index (χ3v) is 4.71. The summed E-state index contributed by atoms with van der Waals surface area (Å²) in [5.74, 6) is 0.251. The van der Waals surface area contributed by atoms with Crippen molar-refractivity contribution in [2.75, 3.05) is 18.5 Å². The predicted octanol–water partition coefficient (Wildman–Crippen LogP) is 1.81. The van der Waals surface area contributed by atoms with Gasteiger partial charge in [0.25, 0.3) is 0 Å². The van der Waals surface area contributed by atoms with Crippen molar-refractivity contribution in [1.82, 2.24) is 5.32 Å². The molecule has 3 aliphatic heterocycles. The molecule has 0 aromatic heterocycles. The number of carbonyl (C=O) groups excluding carboxylic acids is 1. The first-order valence-corrected chi connectivity index (χ1v) is 7.70. The number of ether oxygens (including phenoxy) is 2. The van der Waals surface area contributed by atoms with Crippen LogP contribution in [-0.2, 0) is 14.3 Å². The van der Waals surface area contributed by atoms with Crippen molar-refractivity contribution < 1.29 is 14.3 Å². The monoisotopic (exact) mass is 288 g/mol. The molecule has 5 heteroatoms. The summed E-state index contributed by atoms with van der Waals surface area (Å²) < 4.78 is 10.9. The van der Waals surface area contributed by atoms with Crippen molar-refractivity contribution in [3.63, 3.8) is 0 Å². The SMILES string of the molecule is O=C(Nc1ccc(C2OCCO2)cc1)C1CC2CCC1N2. The Morgan fingerprint density at radius 2 is 1.90 bits per heavy atom. The fourth-order valence-corrected chi connectivity index (χ4v) is 3.62. The first-order chi connectivity index (χ1) is 10.3. The third-order valence-electron chi connectivity index (χ3n) is 4.71. The number of hydrogen-bond donors (Lipinski definition) is 2. The van der Waals surface area contributed by atoms with Crippen molar-refractivity contribution in [2.24, 2.45) is 5.92 Å². The fraction of sp³-hybridized carbons (Fsp3) is 0.562. The second-order valence-electron chi connectivity index (χ2n) is 6.07. The quantitative estimate of drug-likeness (QED) is 0.890. The molecule has 0 radical (unpaired) electrons. The first kappa shape index (κ1) is 13.2. The molecular formula is C16H20N2O3. The molecule has 3 fully saturated rings. The second-order valence-corrected chi connectivity index (χ2v) is 6.07. The summed E-state index contributed by atoms with van der Waals surface area (Å²) in [5.41, 5.74) is 1.83. The van der Waals surface area contributed by atoms with Crippen molar-refractivity contribution in [2.45, 2.75) is 37.6 Å². The fourth-order valence-electron chi connectivity index (χ4n) is 3.62. The van der Waals surface area contributed by atoms with Gasteiger partial charge >= 0.3 is 0 Å². The van der Waals surface area contributed by atoms with Gasteiger partial charge in [0.2, 0.25) is 5.91 Å². The van der Waals surface area contributed by atoms with Gasteiger partial charge in [-0.25, -0.2) is 0 Å². The Morgan fingerprint density at radius 1 is 1.14 bits per heavy atom. The number of amides is 1. The van der Waals surface area contributed by atoms with Gasteiger partial charge in [-0.15, -0.1) is 0 Å². The Labute approximate surface area is 124 Å². The standard InChI is InChI=1S/C16H20N2O3/c19-15(13-9-12-5-6-14(13)17-12)18-11-3-1-10(2-4-11)16-20-7-8-21-16/h1-4,12-14,16-17H,5-9H2,(H,18,19). The average molecular weight is 288 g/mol. The molecule has 3 heterocycles. The summed E-state index contributed by atoms with van der Waals surface area (Å²) in [7, 11) is 0. The topological polar surface area (TPSA) is 59.6 Å². The molecule has 0 aliphatic carbocycles. The van der Waals surface area contributed by atoms with Crippen molar-refractivity contribution in [3.8, 4) is 0 Å². The molecule has 112 valence electrons. The van der Waals surface area contributed by atoms with Crippen molar-refractivity contribution in [3.05, 3.63) is 29.8 Å². The van der Waals surface area contributed by atoms with Gasteiger partial charge in [0.05, 0.1) is 19.1 Å². The van der Waals surface area contributed by atoms with Crippen LogP contribution < -0.4 is 10.6 Å². The van der Waals surface area contributed by atoms with Crippen LogP contribution in [0.15, 0.2) is 24.3 Å². The number of nitrogens with one attached hydrogen (secondary N) is 2. The first-order valence-electron chi connectivity index (χ1n) is 7.70. The Hall–Kier alpha value is -1.43. The van der Waals surface area contributed by atoms with E-state index in [2.05, 4.69) is 10.6 Å². The highest BCUT2D eigenvalue weighted by Crippen LogP contribution is 2.34. The highest BCUT2D eigenvalue weighted by molar-refractivity contribution is 5.93. The second kappa shape index (κ2) is 5.40. The third kappa shape index (κ3) is 2.57. The minimum atomic E-state index is -0.260. The van der Waals surface area contributed by atoms with Gasteiger partial charge in [-0.3, -0.25) is 4.79 Å². The summed E-state index contributed by atoms with van der Waals surface area (Å²) in [6.45, 7) is 1.28. The smallest absolute Gasteiger partial charge is 0.229 e. The lowest BCUT2D eigenvalue weighted by atomic mass is 9.88. The van der Waals surface area contributed by atoms with E-state index in [1.54, 1.807) is 0 Å². The van der Waals surface area contributed by atoms with Crippen molar-refractivity contribution >= 4 is 11.6 Å². The van der Waals surface area contributed by atoms with E-state index in [1.165, 1.54) is 6.42 Å². The van der Waals surface area contributed by atoms with Crippen LogP contribution >= 0.6 is 0 Å². The van der Waals surface area contributed by atoms with Crippen LogP contribution in [0.5, 0.6) is 0 Å². The van der Waals surface area contributed by atoms with E-state index >= 15 is 0 Å². The molecule has 1 aromatic rings. The Balaban J connectivity index is 1.39. The summed E-state index contributed by atoms with van der Waals surface area (Å²) in [6.07, 6.45) is 3.05. The molecular weight excluding hydrogens is 268 g/mol. The van der Waals surface area contributed by atoms with Gasteiger partial charge in [-0.1, -0.05) is 12.1 Å². The molecule has 3 unspecified atom stereocenters. The van der Waals surface area contributed by atoms with E-state index in [1.807, 2.05) is 24.3 Å². The van der Waals surface area contributed by atoms with Gasteiger partial charge in [0.1, 0.15) is 0 Å². The van der Waals surface area contributed by atoms with Crippen LogP contribution in [0.3, 0.4) is 0 Å². The molecule has 5 nitrogen and oxygen atoms in total. The number of benzene rings is 1. The molecule has 1 aromatic carbocycles. The van der Waals surface area contributed by atoms with Crippen LogP contribution in [0.25, 0.3) is 0 Å². The zero-order valence-corrected chi connectivity index (χ0v) is 11.9. The zero-order chi connectivity index (χ0) is 14.2. The lowest BCUT2D eigenvalue weighted by molar-refractivity contribution is -0.120. The van der Waals surface area contributed by atoms with Crippen LogP contribution in [0.4, 0.5) is 5.69 Å². The number of anilines is 1. The highest BCUT2D eigenvalue weighted by Gasteiger charge is 2.42. The van der Waals surface area contributed by atoms with E-state index in [0.29, 0.717) is 25.3 Å².